The Morgan fingerprint density at radius 3 is 2.90 bits per heavy atom. The molecular formula is C17H17ClO2. The summed E-state index contributed by atoms with van der Waals surface area (Å²) in [4.78, 5) is 0. The van der Waals surface area contributed by atoms with Crippen molar-refractivity contribution >= 4 is 11.6 Å². The van der Waals surface area contributed by atoms with Crippen LogP contribution in [-0.4, -0.2) is 11.7 Å². The summed E-state index contributed by atoms with van der Waals surface area (Å²) in [6.45, 7) is 0.786. The lowest BCUT2D eigenvalue weighted by Gasteiger charge is -2.19. The molecule has 1 aliphatic heterocycles. The first kappa shape index (κ1) is 13.5. The van der Waals surface area contributed by atoms with Crippen LogP contribution in [0.5, 0.6) is 5.75 Å². The molecule has 2 aromatic carbocycles. The fourth-order valence-corrected chi connectivity index (χ4v) is 2.79. The van der Waals surface area contributed by atoms with E-state index in [-0.39, 0.29) is 0 Å². The average Bonchev–Trinajstić information content (AvgIpc) is 2.49. The molecule has 0 saturated heterocycles. The van der Waals surface area contributed by atoms with Gasteiger partial charge < -0.3 is 9.84 Å². The molecule has 0 bridgehead atoms. The number of fused-ring (bicyclic) bond motifs is 1. The maximum atomic E-state index is 10.4. The summed E-state index contributed by atoms with van der Waals surface area (Å²) in [5.41, 5.74) is 3.08. The molecule has 20 heavy (non-hydrogen) atoms. The number of hydrogen-bond donors (Lipinski definition) is 1. The third kappa shape index (κ3) is 2.82. The number of benzene rings is 2. The van der Waals surface area contributed by atoms with Crippen molar-refractivity contribution in [3.8, 4) is 5.75 Å². The molecule has 104 valence electrons. The number of aliphatic hydroxyl groups is 1. The Bertz CT molecular complexity index is 610. The van der Waals surface area contributed by atoms with Crippen molar-refractivity contribution in [2.45, 2.75) is 25.4 Å². The minimum Gasteiger partial charge on any atom is -0.493 e. The Labute approximate surface area is 124 Å². The van der Waals surface area contributed by atoms with Gasteiger partial charge in [-0.05, 0) is 47.7 Å². The van der Waals surface area contributed by atoms with Crippen molar-refractivity contribution < 1.29 is 9.84 Å². The molecule has 1 unspecified atom stereocenters. The van der Waals surface area contributed by atoms with Gasteiger partial charge in [0.1, 0.15) is 5.75 Å². The molecule has 2 aromatic rings. The van der Waals surface area contributed by atoms with Crippen molar-refractivity contribution in [1.29, 1.82) is 0 Å². The Hall–Kier alpha value is -1.51. The third-order valence-electron chi connectivity index (χ3n) is 3.69. The zero-order chi connectivity index (χ0) is 13.9. The second-order valence-corrected chi connectivity index (χ2v) is 5.54. The average molecular weight is 289 g/mol. The number of halogens is 1. The maximum Gasteiger partial charge on any atom is 0.122 e. The first-order valence-electron chi connectivity index (χ1n) is 6.91. The largest absolute Gasteiger partial charge is 0.493 e. The van der Waals surface area contributed by atoms with Crippen LogP contribution >= 0.6 is 11.6 Å². The minimum absolute atomic E-state index is 0.527. The van der Waals surface area contributed by atoms with Crippen molar-refractivity contribution in [2.75, 3.05) is 6.61 Å². The molecule has 2 nitrogen and oxygen atoms in total. The Balaban J connectivity index is 1.80. The van der Waals surface area contributed by atoms with Gasteiger partial charge in [0.25, 0.3) is 0 Å². The molecule has 0 amide bonds. The van der Waals surface area contributed by atoms with Gasteiger partial charge in [-0.2, -0.15) is 0 Å². The van der Waals surface area contributed by atoms with E-state index in [0.29, 0.717) is 11.4 Å². The van der Waals surface area contributed by atoms with Crippen LogP contribution < -0.4 is 4.74 Å². The van der Waals surface area contributed by atoms with E-state index in [1.807, 2.05) is 36.4 Å². The van der Waals surface area contributed by atoms with Crippen LogP contribution in [0.25, 0.3) is 0 Å². The molecule has 0 saturated carbocycles. The SMILES string of the molecule is OC(Cc1ccccc1Cl)c1ccc2c(c1)CCCO2. The van der Waals surface area contributed by atoms with Crippen molar-refractivity contribution in [2.24, 2.45) is 0 Å². The summed E-state index contributed by atoms with van der Waals surface area (Å²) in [5, 5.41) is 11.1. The van der Waals surface area contributed by atoms with Gasteiger partial charge in [0.15, 0.2) is 0 Å². The normalized spacial score (nSPS) is 15.3. The number of hydrogen-bond acceptors (Lipinski definition) is 2. The lowest BCUT2D eigenvalue weighted by Crippen LogP contribution is -2.10. The Morgan fingerprint density at radius 1 is 1.20 bits per heavy atom. The van der Waals surface area contributed by atoms with Gasteiger partial charge in [-0.25, -0.2) is 0 Å². The third-order valence-corrected chi connectivity index (χ3v) is 4.06. The number of rotatable bonds is 3. The predicted octanol–water partition coefficient (Wildman–Crippen LogP) is 3.94. The lowest BCUT2D eigenvalue weighted by atomic mass is 9.97. The van der Waals surface area contributed by atoms with Crippen LogP contribution in [0.1, 0.15) is 29.2 Å². The highest BCUT2D eigenvalue weighted by Gasteiger charge is 2.15. The van der Waals surface area contributed by atoms with E-state index in [0.717, 1.165) is 36.3 Å². The highest BCUT2D eigenvalue weighted by atomic mass is 35.5. The fourth-order valence-electron chi connectivity index (χ4n) is 2.58. The Kier molecular flexibility index (Phi) is 3.95. The highest BCUT2D eigenvalue weighted by molar-refractivity contribution is 6.31. The van der Waals surface area contributed by atoms with Gasteiger partial charge in [-0.3, -0.25) is 0 Å². The zero-order valence-electron chi connectivity index (χ0n) is 11.2. The molecular weight excluding hydrogens is 272 g/mol. The van der Waals surface area contributed by atoms with Gasteiger partial charge in [-0.1, -0.05) is 35.9 Å². The number of aliphatic hydroxyl groups excluding tert-OH is 1. The summed E-state index contributed by atoms with van der Waals surface area (Å²) in [6, 6.07) is 13.6. The molecule has 1 N–H and O–H groups in total. The van der Waals surface area contributed by atoms with Gasteiger partial charge in [0.2, 0.25) is 0 Å². The van der Waals surface area contributed by atoms with Crippen molar-refractivity contribution in [3.63, 3.8) is 0 Å². The van der Waals surface area contributed by atoms with E-state index in [2.05, 4.69) is 6.07 Å². The summed E-state index contributed by atoms with van der Waals surface area (Å²) in [7, 11) is 0. The summed E-state index contributed by atoms with van der Waals surface area (Å²) < 4.78 is 5.59. The molecule has 1 aliphatic rings. The molecule has 0 spiro atoms. The second kappa shape index (κ2) is 5.86. The van der Waals surface area contributed by atoms with E-state index < -0.39 is 6.10 Å². The Morgan fingerprint density at radius 2 is 2.05 bits per heavy atom. The van der Waals surface area contributed by atoms with Crippen molar-refractivity contribution in [1.82, 2.24) is 0 Å². The molecule has 3 heteroatoms. The lowest BCUT2D eigenvalue weighted by molar-refractivity contribution is 0.178. The van der Waals surface area contributed by atoms with E-state index in [9.17, 15) is 5.11 Å². The molecule has 1 heterocycles. The monoisotopic (exact) mass is 288 g/mol. The van der Waals surface area contributed by atoms with E-state index in [4.69, 9.17) is 16.3 Å². The zero-order valence-corrected chi connectivity index (χ0v) is 11.9. The number of ether oxygens (including phenoxy) is 1. The molecule has 0 radical (unpaired) electrons. The standard InChI is InChI=1S/C17H17ClO2/c18-15-6-2-1-4-12(15)11-16(19)13-7-8-17-14(10-13)5-3-9-20-17/h1-2,4,6-8,10,16,19H,3,5,9,11H2. The first-order chi connectivity index (χ1) is 9.74. The maximum absolute atomic E-state index is 10.4. The predicted molar refractivity (Wildman–Crippen MR) is 80.4 cm³/mol. The van der Waals surface area contributed by atoms with E-state index in [1.54, 1.807) is 0 Å². The van der Waals surface area contributed by atoms with E-state index in [1.165, 1.54) is 5.56 Å². The summed E-state index contributed by atoms with van der Waals surface area (Å²) in [5.74, 6) is 0.949. The van der Waals surface area contributed by atoms with Gasteiger partial charge in [-0.15, -0.1) is 0 Å². The smallest absolute Gasteiger partial charge is 0.122 e. The van der Waals surface area contributed by atoms with Gasteiger partial charge >= 0.3 is 0 Å². The molecule has 1 atom stereocenters. The molecule has 0 aliphatic carbocycles. The van der Waals surface area contributed by atoms with Gasteiger partial charge in [0.05, 0.1) is 12.7 Å². The quantitative estimate of drug-likeness (QED) is 0.927. The number of aryl methyl sites for hydroxylation is 1. The van der Waals surface area contributed by atoms with E-state index >= 15 is 0 Å². The second-order valence-electron chi connectivity index (χ2n) is 5.13. The summed E-state index contributed by atoms with van der Waals surface area (Å²) in [6.07, 6.45) is 2.04. The highest BCUT2D eigenvalue weighted by Crippen LogP contribution is 2.30. The molecule has 0 fully saturated rings. The minimum atomic E-state index is -0.540. The van der Waals surface area contributed by atoms with Crippen LogP contribution in [-0.2, 0) is 12.8 Å². The summed E-state index contributed by atoms with van der Waals surface area (Å²) >= 11 is 6.14. The van der Waals surface area contributed by atoms with Crippen LogP contribution in [0.3, 0.4) is 0 Å². The fraction of sp³-hybridized carbons (Fsp3) is 0.294. The van der Waals surface area contributed by atoms with Gasteiger partial charge in [0, 0.05) is 11.4 Å². The topological polar surface area (TPSA) is 29.5 Å². The first-order valence-corrected chi connectivity index (χ1v) is 7.29. The van der Waals surface area contributed by atoms with Crippen LogP contribution in [0, 0.1) is 0 Å². The molecule has 3 rings (SSSR count). The van der Waals surface area contributed by atoms with Crippen LogP contribution in [0.2, 0.25) is 5.02 Å². The van der Waals surface area contributed by atoms with Crippen LogP contribution in [0.4, 0.5) is 0 Å². The molecule has 0 aromatic heterocycles. The van der Waals surface area contributed by atoms with Crippen LogP contribution in [0.15, 0.2) is 42.5 Å². The van der Waals surface area contributed by atoms with Crippen molar-refractivity contribution in [3.05, 3.63) is 64.2 Å².